The van der Waals surface area contributed by atoms with E-state index in [1.807, 2.05) is 36.4 Å². The third-order valence-corrected chi connectivity index (χ3v) is 3.61. The van der Waals surface area contributed by atoms with E-state index < -0.39 is 0 Å². The summed E-state index contributed by atoms with van der Waals surface area (Å²) in [5.41, 5.74) is 2.09. The van der Waals surface area contributed by atoms with Crippen molar-refractivity contribution < 1.29 is 9.53 Å². The van der Waals surface area contributed by atoms with Crippen LogP contribution in [0, 0.1) is 0 Å². The molecule has 1 aliphatic heterocycles. The Hall–Kier alpha value is -2.30. The molecule has 5 nitrogen and oxygen atoms in total. The SMILES string of the molecule is O=C(OCc1ccccc1)N1CCC(c2ccn[nH]2)C1. The molecule has 1 aromatic carbocycles. The molecular weight excluding hydrogens is 254 g/mol. The molecule has 1 N–H and O–H groups in total. The number of carbonyl (C=O) groups excluding carboxylic acids is 1. The number of nitrogens with zero attached hydrogens (tertiary/aromatic N) is 2. The first-order chi connectivity index (χ1) is 9.83. The van der Waals surface area contributed by atoms with E-state index in [0.717, 1.165) is 24.2 Å². The van der Waals surface area contributed by atoms with E-state index in [2.05, 4.69) is 10.2 Å². The number of hydrogen-bond acceptors (Lipinski definition) is 3. The molecule has 3 rings (SSSR count). The van der Waals surface area contributed by atoms with Crippen molar-refractivity contribution in [2.75, 3.05) is 13.1 Å². The quantitative estimate of drug-likeness (QED) is 0.933. The number of hydrogen-bond donors (Lipinski definition) is 1. The zero-order valence-electron chi connectivity index (χ0n) is 11.2. The van der Waals surface area contributed by atoms with E-state index in [1.54, 1.807) is 11.1 Å². The monoisotopic (exact) mass is 271 g/mol. The second-order valence-corrected chi connectivity index (χ2v) is 4.98. The van der Waals surface area contributed by atoms with Gasteiger partial charge in [-0.05, 0) is 18.1 Å². The van der Waals surface area contributed by atoms with Gasteiger partial charge in [0.25, 0.3) is 0 Å². The van der Waals surface area contributed by atoms with E-state index >= 15 is 0 Å². The second kappa shape index (κ2) is 5.77. The highest BCUT2D eigenvalue weighted by Gasteiger charge is 2.28. The molecular formula is C15H17N3O2. The third-order valence-electron chi connectivity index (χ3n) is 3.61. The summed E-state index contributed by atoms with van der Waals surface area (Å²) in [5, 5.41) is 6.92. The Labute approximate surface area is 117 Å². The molecule has 1 fully saturated rings. The van der Waals surface area contributed by atoms with Crippen LogP contribution in [0.5, 0.6) is 0 Å². The second-order valence-electron chi connectivity index (χ2n) is 4.98. The topological polar surface area (TPSA) is 58.2 Å². The van der Waals surface area contributed by atoms with Gasteiger partial charge in [0.1, 0.15) is 6.61 Å². The lowest BCUT2D eigenvalue weighted by molar-refractivity contribution is 0.104. The van der Waals surface area contributed by atoms with Crippen LogP contribution in [0.15, 0.2) is 42.6 Å². The number of amides is 1. The van der Waals surface area contributed by atoms with Gasteiger partial charge in [-0.25, -0.2) is 4.79 Å². The van der Waals surface area contributed by atoms with Crippen LogP contribution >= 0.6 is 0 Å². The van der Waals surface area contributed by atoms with E-state index in [9.17, 15) is 4.79 Å². The fraction of sp³-hybridized carbons (Fsp3) is 0.333. The number of likely N-dealkylation sites (tertiary alicyclic amines) is 1. The minimum atomic E-state index is -0.240. The smallest absolute Gasteiger partial charge is 0.410 e. The first kappa shape index (κ1) is 12.7. The molecule has 2 heterocycles. The molecule has 5 heteroatoms. The van der Waals surface area contributed by atoms with Crippen molar-refractivity contribution in [3.05, 3.63) is 53.9 Å². The van der Waals surface area contributed by atoms with Gasteiger partial charge in [-0.15, -0.1) is 0 Å². The summed E-state index contributed by atoms with van der Waals surface area (Å²) < 4.78 is 5.34. The minimum absolute atomic E-state index is 0.240. The summed E-state index contributed by atoms with van der Waals surface area (Å²) in [4.78, 5) is 13.8. The van der Waals surface area contributed by atoms with Crippen molar-refractivity contribution in [3.63, 3.8) is 0 Å². The fourth-order valence-corrected chi connectivity index (χ4v) is 2.48. The van der Waals surface area contributed by atoms with Gasteiger partial charge in [0, 0.05) is 30.9 Å². The molecule has 2 aromatic rings. The first-order valence-corrected chi connectivity index (χ1v) is 6.78. The molecule has 0 radical (unpaired) electrons. The molecule has 1 saturated heterocycles. The number of aromatic nitrogens is 2. The summed E-state index contributed by atoms with van der Waals surface area (Å²) in [6.07, 6.45) is 2.45. The normalized spacial score (nSPS) is 18.2. The highest BCUT2D eigenvalue weighted by molar-refractivity contribution is 5.68. The molecule has 1 amide bonds. The number of nitrogens with one attached hydrogen (secondary N) is 1. The zero-order chi connectivity index (χ0) is 13.8. The predicted octanol–water partition coefficient (Wildman–Crippen LogP) is 2.54. The Morgan fingerprint density at radius 3 is 2.95 bits per heavy atom. The lowest BCUT2D eigenvalue weighted by Gasteiger charge is -2.16. The summed E-state index contributed by atoms with van der Waals surface area (Å²) in [6, 6.07) is 11.7. The molecule has 0 aliphatic carbocycles. The Kier molecular flexibility index (Phi) is 3.67. The number of aromatic amines is 1. The largest absolute Gasteiger partial charge is 0.445 e. The third kappa shape index (κ3) is 2.82. The van der Waals surface area contributed by atoms with Gasteiger partial charge in [-0.1, -0.05) is 30.3 Å². The average molecular weight is 271 g/mol. The van der Waals surface area contributed by atoms with E-state index in [-0.39, 0.29) is 6.09 Å². The van der Waals surface area contributed by atoms with Gasteiger partial charge < -0.3 is 9.64 Å². The predicted molar refractivity (Wildman–Crippen MR) is 74.1 cm³/mol. The van der Waals surface area contributed by atoms with Crippen LogP contribution in [0.3, 0.4) is 0 Å². The maximum absolute atomic E-state index is 12.0. The molecule has 1 atom stereocenters. The molecule has 104 valence electrons. The van der Waals surface area contributed by atoms with Gasteiger partial charge in [-0.3, -0.25) is 5.10 Å². The van der Waals surface area contributed by atoms with Crippen molar-refractivity contribution >= 4 is 6.09 Å². The maximum Gasteiger partial charge on any atom is 0.410 e. The number of ether oxygens (including phenoxy) is 1. The molecule has 0 saturated carbocycles. The number of rotatable bonds is 3. The van der Waals surface area contributed by atoms with Crippen LogP contribution < -0.4 is 0 Å². The Morgan fingerprint density at radius 2 is 2.20 bits per heavy atom. The summed E-state index contributed by atoms with van der Waals surface area (Å²) >= 11 is 0. The van der Waals surface area contributed by atoms with E-state index in [0.29, 0.717) is 19.1 Å². The molecule has 0 spiro atoms. The van der Waals surface area contributed by atoms with Crippen molar-refractivity contribution in [1.82, 2.24) is 15.1 Å². The van der Waals surface area contributed by atoms with E-state index in [4.69, 9.17) is 4.74 Å². The van der Waals surface area contributed by atoms with Crippen LogP contribution in [0.4, 0.5) is 4.79 Å². The van der Waals surface area contributed by atoms with Gasteiger partial charge in [-0.2, -0.15) is 5.10 Å². The van der Waals surface area contributed by atoms with Gasteiger partial charge in [0.15, 0.2) is 0 Å². The summed E-state index contributed by atoms with van der Waals surface area (Å²) in [5.74, 6) is 0.335. The molecule has 1 aliphatic rings. The Morgan fingerprint density at radius 1 is 1.35 bits per heavy atom. The lowest BCUT2D eigenvalue weighted by atomic mass is 10.1. The van der Waals surface area contributed by atoms with Crippen molar-refractivity contribution in [2.24, 2.45) is 0 Å². The highest BCUT2D eigenvalue weighted by atomic mass is 16.6. The highest BCUT2D eigenvalue weighted by Crippen LogP contribution is 2.25. The van der Waals surface area contributed by atoms with Crippen LogP contribution in [0.25, 0.3) is 0 Å². The van der Waals surface area contributed by atoms with Crippen LogP contribution in [0.1, 0.15) is 23.6 Å². The molecule has 0 bridgehead atoms. The Balaban J connectivity index is 1.51. The number of benzene rings is 1. The van der Waals surface area contributed by atoms with Crippen LogP contribution in [-0.2, 0) is 11.3 Å². The average Bonchev–Trinajstić information content (AvgIpc) is 3.16. The van der Waals surface area contributed by atoms with E-state index in [1.165, 1.54) is 0 Å². The van der Waals surface area contributed by atoms with Gasteiger partial charge >= 0.3 is 6.09 Å². The fourth-order valence-electron chi connectivity index (χ4n) is 2.48. The zero-order valence-corrected chi connectivity index (χ0v) is 11.2. The van der Waals surface area contributed by atoms with Crippen molar-refractivity contribution in [3.8, 4) is 0 Å². The van der Waals surface area contributed by atoms with Crippen molar-refractivity contribution in [1.29, 1.82) is 0 Å². The number of H-pyrrole nitrogens is 1. The van der Waals surface area contributed by atoms with Crippen LogP contribution in [-0.4, -0.2) is 34.3 Å². The first-order valence-electron chi connectivity index (χ1n) is 6.78. The molecule has 1 aromatic heterocycles. The summed E-state index contributed by atoms with van der Waals surface area (Å²) in [6.45, 7) is 1.75. The van der Waals surface area contributed by atoms with Gasteiger partial charge in [0.05, 0.1) is 0 Å². The standard InChI is InChI=1S/C15H17N3O2/c19-15(20-11-12-4-2-1-3-5-12)18-9-7-13(10-18)14-6-8-16-17-14/h1-6,8,13H,7,9-11H2,(H,16,17). The lowest BCUT2D eigenvalue weighted by Crippen LogP contribution is -2.29. The van der Waals surface area contributed by atoms with Gasteiger partial charge in [0.2, 0.25) is 0 Å². The maximum atomic E-state index is 12.0. The minimum Gasteiger partial charge on any atom is -0.445 e. The van der Waals surface area contributed by atoms with Crippen molar-refractivity contribution in [2.45, 2.75) is 18.9 Å². The Bertz CT molecular complexity index is 554. The molecule has 1 unspecified atom stereocenters. The number of carbonyl (C=O) groups is 1. The van der Waals surface area contributed by atoms with Crippen LogP contribution in [0.2, 0.25) is 0 Å². The molecule has 20 heavy (non-hydrogen) atoms. The summed E-state index contributed by atoms with van der Waals surface area (Å²) in [7, 11) is 0.